The van der Waals surface area contributed by atoms with Crippen LogP contribution in [0.1, 0.15) is 11.1 Å². The highest BCUT2D eigenvalue weighted by Gasteiger charge is 2.40. The van der Waals surface area contributed by atoms with Gasteiger partial charge in [0.05, 0.1) is 19.8 Å². The van der Waals surface area contributed by atoms with E-state index in [2.05, 4.69) is 0 Å². The summed E-state index contributed by atoms with van der Waals surface area (Å²) in [7, 11) is 0. The van der Waals surface area contributed by atoms with E-state index in [0.717, 1.165) is 11.1 Å². The van der Waals surface area contributed by atoms with Crippen molar-refractivity contribution in [2.75, 3.05) is 6.61 Å². The van der Waals surface area contributed by atoms with E-state index < -0.39 is 24.6 Å². The molecule has 0 amide bonds. The van der Waals surface area contributed by atoms with Gasteiger partial charge in [-0.05, 0) is 11.1 Å². The quantitative estimate of drug-likeness (QED) is 0.846. The minimum absolute atomic E-state index is 0.171. The van der Waals surface area contributed by atoms with E-state index in [-0.39, 0.29) is 6.61 Å². The molecule has 5 nitrogen and oxygen atoms in total. The third-order valence-electron chi connectivity index (χ3n) is 4.02. The Kier molecular flexibility index (Phi) is 5.96. The summed E-state index contributed by atoms with van der Waals surface area (Å²) in [5.74, 6) is 0. The van der Waals surface area contributed by atoms with Crippen molar-refractivity contribution in [2.45, 2.75) is 37.8 Å². The van der Waals surface area contributed by atoms with Gasteiger partial charge in [-0.2, -0.15) is 0 Å². The second-order valence-electron chi connectivity index (χ2n) is 5.81. The Morgan fingerprint density at radius 3 is 1.96 bits per heavy atom. The number of benzene rings is 2. The molecule has 4 atom stereocenters. The highest BCUT2D eigenvalue weighted by atomic mass is 16.6. The lowest BCUT2D eigenvalue weighted by Gasteiger charge is -2.37. The van der Waals surface area contributed by atoms with Gasteiger partial charge in [0.2, 0.25) is 0 Å². The van der Waals surface area contributed by atoms with Crippen molar-refractivity contribution in [1.29, 1.82) is 0 Å². The van der Waals surface area contributed by atoms with Gasteiger partial charge in [0.15, 0.2) is 6.29 Å². The number of aliphatic hydroxyl groups is 2. The maximum Gasteiger partial charge on any atom is 0.183 e. The van der Waals surface area contributed by atoms with Gasteiger partial charge in [-0.25, -0.2) is 0 Å². The van der Waals surface area contributed by atoms with Crippen LogP contribution in [0.3, 0.4) is 0 Å². The Balaban J connectivity index is 1.61. The van der Waals surface area contributed by atoms with Crippen LogP contribution in [0.25, 0.3) is 0 Å². The van der Waals surface area contributed by atoms with E-state index in [4.69, 9.17) is 14.2 Å². The Morgan fingerprint density at radius 1 is 0.833 bits per heavy atom. The molecule has 1 heterocycles. The lowest BCUT2D eigenvalue weighted by molar-refractivity contribution is -0.273. The van der Waals surface area contributed by atoms with E-state index in [1.165, 1.54) is 0 Å². The van der Waals surface area contributed by atoms with Crippen molar-refractivity contribution in [3.05, 3.63) is 71.8 Å². The van der Waals surface area contributed by atoms with E-state index in [1.54, 1.807) is 0 Å². The minimum Gasteiger partial charge on any atom is -0.385 e. The van der Waals surface area contributed by atoms with Crippen LogP contribution in [0.4, 0.5) is 0 Å². The highest BCUT2D eigenvalue weighted by Crippen LogP contribution is 2.22. The van der Waals surface area contributed by atoms with Crippen molar-refractivity contribution in [3.8, 4) is 0 Å². The van der Waals surface area contributed by atoms with Crippen molar-refractivity contribution in [1.82, 2.24) is 0 Å². The molecule has 128 valence electrons. The first-order chi connectivity index (χ1) is 11.7. The Labute approximate surface area is 141 Å². The van der Waals surface area contributed by atoms with E-state index >= 15 is 0 Å². The monoisotopic (exact) mass is 330 g/mol. The molecule has 2 aromatic rings. The fourth-order valence-electron chi connectivity index (χ4n) is 2.66. The van der Waals surface area contributed by atoms with Crippen molar-refractivity contribution in [3.63, 3.8) is 0 Å². The first kappa shape index (κ1) is 17.1. The topological polar surface area (TPSA) is 68.2 Å². The maximum atomic E-state index is 10.2. The van der Waals surface area contributed by atoms with E-state index in [1.807, 2.05) is 60.7 Å². The molecule has 5 heteroatoms. The van der Waals surface area contributed by atoms with Crippen molar-refractivity contribution < 1.29 is 24.4 Å². The van der Waals surface area contributed by atoms with Crippen LogP contribution in [0.2, 0.25) is 0 Å². The van der Waals surface area contributed by atoms with Crippen LogP contribution >= 0.6 is 0 Å². The molecule has 2 N–H and O–H groups in total. The summed E-state index contributed by atoms with van der Waals surface area (Å²) in [5.41, 5.74) is 2.02. The van der Waals surface area contributed by atoms with Gasteiger partial charge in [-0.15, -0.1) is 0 Å². The van der Waals surface area contributed by atoms with Crippen LogP contribution in [-0.2, 0) is 27.4 Å². The second-order valence-corrected chi connectivity index (χ2v) is 5.81. The van der Waals surface area contributed by atoms with Gasteiger partial charge in [0.1, 0.15) is 18.3 Å². The normalized spacial score (nSPS) is 27.1. The molecular weight excluding hydrogens is 308 g/mol. The summed E-state index contributed by atoms with van der Waals surface area (Å²) in [6, 6.07) is 19.4. The van der Waals surface area contributed by atoms with E-state index in [0.29, 0.717) is 13.2 Å². The number of ether oxygens (including phenoxy) is 3. The molecule has 1 aliphatic rings. The number of hydrogen-bond donors (Lipinski definition) is 2. The number of hydrogen-bond acceptors (Lipinski definition) is 5. The zero-order chi connectivity index (χ0) is 16.8. The molecule has 24 heavy (non-hydrogen) atoms. The molecule has 1 aliphatic heterocycles. The third-order valence-corrected chi connectivity index (χ3v) is 4.02. The van der Waals surface area contributed by atoms with Crippen LogP contribution in [0.15, 0.2) is 60.7 Å². The average Bonchev–Trinajstić information content (AvgIpc) is 2.63. The minimum atomic E-state index is -1.26. The molecule has 2 aromatic carbocycles. The molecule has 0 saturated carbocycles. The highest BCUT2D eigenvalue weighted by molar-refractivity contribution is 5.14. The molecule has 1 saturated heterocycles. The fraction of sp³-hybridized carbons (Fsp3) is 0.368. The largest absolute Gasteiger partial charge is 0.385 e. The van der Waals surface area contributed by atoms with Crippen LogP contribution < -0.4 is 0 Å². The van der Waals surface area contributed by atoms with Gasteiger partial charge in [0.25, 0.3) is 0 Å². The zero-order valence-corrected chi connectivity index (χ0v) is 13.3. The molecule has 1 fully saturated rings. The smallest absolute Gasteiger partial charge is 0.183 e. The van der Waals surface area contributed by atoms with Gasteiger partial charge >= 0.3 is 0 Å². The summed E-state index contributed by atoms with van der Waals surface area (Å²) >= 11 is 0. The summed E-state index contributed by atoms with van der Waals surface area (Å²) in [6.07, 6.45) is -3.52. The van der Waals surface area contributed by atoms with Gasteiger partial charge in [0, 0.05) is 0 Å². The van der Waals surface area contributed by atoms with Crippen molar-refractivity contribution >= 4 is 0 Å². The average molecular weight is 330 g/mol. The lowest BCUT2D eigenvalue weighted by Crippen LogP contribution is -2.54. The maximum absolute atomic E-state index is 10.2. The molecule has 0 aliphatic carbocycles. The van der Waals surface area contributed by atoms with Crippen LogP contribution in [0, 0.1) is 0 Å². The first-order valence-corrected chi connectivity index (χ1v) is 8.03. The molecular formula is C19H22O5. The molecule has 0 spiro atoms. The van der Waals surface area contributed by atoms with Crippen molar-refractivity contribution in [2.24, 2.45) is 0 Å². The standard InChI is InChI=1S/C19H22O5/c20-17-18(23-12-15-9-5-2-6-10-15)16(13-24-19(17)21)22-11-14-7-3-1-4-8-14/h1-10,16-21H,11-13H2/t16-,17-,18+,19?/m1/s1. The van der Waals surface area contributed by atoms with Gasteiger partial charge < -0.3 is 24.4 Å². The summed E-state index contributed by atoms with van der Waals surface area (Å²) in [5, 5.41) is 19.9. The first-order valence-electron chi connectivity index (χ1n) is 8.03. The predicted molar refractivity (Wildman–Crippen MR) is 88.0 cm³/mol. The van der Waals surface area contributed by atoms with Crippen LogP contribution in [0.5, 0.6) is 0 Å². The Morgan fingerprint density at radius 2 is 1.38 bits per heavy atom. The summed E-state index contributed by atoms with van der Waals surface area (Å²) < 4.78 is 16.9. The van der Waals surface area contributed by atoms with Crippen LogP contribution in [-0.4, -0.2) is 41.4 Å². The van der Waals surface area contributed by atoms with Gasteiger partial charge in [-0.1, -0.05) is 60.7 Å². The Hall–Kier alpha value is -1.76. The molecule has 0 aromatic heterocycles. The second kappa shape index (κ2) is 8.37. The SMILES string of the molecule is OC1OC[C@@H](OCc2ccccc2)[C@H](OCc2ccccc2)[C@H]1O. The number of rotatable bonds is 6. The molecule has 0 radical (unpaired) electrons. The fourth-order valence-corrected chi connectivity index (χ4v) is 2.66. The molecule has 0 bridgehead atoms. The van der Waals surface area contributed by atoms with Gasteiger partial charge in [-0.3, -0.25) is 0 Å². The number of aliphatic hydroxyl groups excluding tert-OH is 2. The Bertz CT molecular complexity index is 604. The summed E-state index contributed by atoms with van der Waals surface area (Å²) in [4.78, 5) is 0. The molecule has 3 rings (SSSR count). The molecule has 1 unspecified atom stereocenters. The zero-order valence-electron chi connectivity index (χ0n) is 13.3. The summed E-state index contributed by atoms with van der Waals surface area (Å²) in [6.45, 7) is 0.897. The van der Waals surface area contributed by atoms with E-state index in [9.17, 15) is 10.2 Å². The third kappa shape index (κ3) is 4.41. The predicted octanol–water partition coefficient (Wildman–Crippen LogP) is 1.87. The lowest BCUT2D eigenvalue weighted by atomic mass is 10.0.